The molecule has 4 rings (SSSR count). The number of nitrogens with zero attached hydrogens (tertiary/aromatic N) is 5. The molecule has 2 aromatic heterocycles. The number of amides is 1. The van der Waals surface area contributed by atoms with Gasteiger partial charge in [0.2, 0.25) is 0 Å². The second-order valence-electron chi connectivity index (χ2n) is 8.63. The largest absolute Gasteiger partial charge is 0.337 e. The lowest BCUT2D eigenvalue weighted by Crippen LogP contribution is -2.34. The molecule has 1 aliphatic heterocycles. The molecule has 1 saturated heterocycles. The lowest BCUT2D eigenvalue weighted by Gasteiger charge is -2.37. The van der Waals surface area contributed by atoms with E-state index in [1.165, 1.54) is 32.1 Å². The topological polar surface area (TPSA) is 63.9 Å². The average molecular weight is 367 g/mol. The molecule has 0 bridgehead atoms. The number of aromatic nitrogens is 4. The van der Waals surface area contributed by atoms with Crippen molar-refractivity contribution in [3.8, 4) is 0 Å². The first-order chi connectivity index (χ1) is 13.1. The van der Waals surface area contributed by atoms with Gasteiger partial charge in [-0.2, -0.15) is 0 Å². The van der Waals surface area contributed by atoms with E-state index in [1.54, 1.807) is 12.4 Å². The maximum absolute atomic E-state index is 13.1. The molecular formula is C21H29N5O. The van der Waals surface area contributed by atoms with Crippen molar-refractivity contribution in [1.82, 2.24) is 24.6 Å². The standard InChI is InChI=1S/C21H29N5O/c1-16(2)12-26-15-23-24-19(26)18-13-25(14-21(18)8-4-3-5-9-21)20(27)17-6-10-22-11-7-17/h6-7,10-11,15-16,18H,3-5,8-9,12-14H2,1-2H3. The van der Waals surface area contributed by atoms with E-state index >= 15 is 0 Å². The Kier molecular flexibility index (Phi) is 4.98. The van der Waals surface area contributed by atoms with Crippen LogP contribution in [0, 0.1) is 11.3 Å². The monoisotopic (exact) mass is 367 g/mol. The average Bonchev–Trinajstić information content (AvgIpc) is 3.26. The maximum atomic E-state index is 13.1. The highest BCUT2D eigenvalue weighted by molar-refractivity contribution is 5.94. The fourth-order valence-corrected chi connectivity index (χ4v) is 4.99. The molecule has 144 valence electrons. The molecule has 1 saturated carbocycles. The molecule has 1 unspecified atom stereocenters. The lowest BCUT2D eigenvalue weighted by molar-refractivity contribution is 0.0758. The van der Waals surface area contributed by atoms with Crippen molar-refractivity contribution < 1.29 is 4.79 Å². The minimum atomic E-state index is 0.111. The molecule has 0 aromatic carbocycles. The van der Waals surface area contributed by atoms with Gasteiger partial charge in [0.25, 0.3) is 5.91 Å². The van der Waals surface area contributed by atoms with Gasteiger partial charge in [0.05, 0.1) is 0 Å². The first-order valence-corrected chi connectivity index (χ1v) is 10.2. The third-order valence-electron chi connectivity index (χ3n) is 6.23. The Labute approximate surface area is 161 Å². The molecule has 27 heavy (non-hydrogen) atoms. The number of rotatable bonds is 4. The Morgan fingerprint density at radius 1 is 1.22 bits per heavy atom. The van der Waals surface area contributed by atoms with E-state index in [4.69, 9.17) is 0 Å². The lowest BCUT2D eigenvalue weighted by atomic mass is 9.67. The molecule has 2 aromatic rings. The number of pyridine rings is 1. The van der Waals surface area contributed by atoms with Crippen LogP contribution in [-0.4, -0.2) is 43.6 Å². The van der Waals surface area contributed by atoms with Crippen molar-refractivity contribution in [3.05, 3.63) is 42.2 Å². The van der Waals surface area contributed by atoms with Crippen molar-refractivity contribution >= 4 is 5.91 Å². The van der Waals surface area contributed by atoms with Gasteiger partial charge < -0.3 is 9.47 Å². The normalized spacial score (nSPS) is 21.9. The first-order valence-electron chi connectivity index (χ1n) is 10.2. The summed E-state index contributed by atoms with van der Waals surface area (Å²) >= 11 is 0. The summed E-state index contributed by atoms with van der Waals surface area (Å²) in [5.41, 5.74) is 0.864. The van der Waals surface area contributed by atoms with Gasteiger partial charge in [-0.3, -0.25) is 9.78 Å². The third kappa shape index (κ3) is 3.49. The van der Waals surface area contributed by atoms with Crippen molar-refractivity contribution in [1.29, 1.82) is 0 Å². The summed E-state index contributed by atoms with van der Waals surface area (Å²) in [5, 5.41) is 8.76. The molecule has 6 nitrogen and oxygen atoms in total. The van der Waals surface area contributed by atoms with Gasteiger partial charge in [-0.15, -0.1) is 10.2 Å². The predicted octanol–water partition coefficient (Wildman–Crippen LogP) is 3.52. The molecular weight excluding hydrogens is 338 g/mol. The second-order valence-corrected chi connectivity index (χ2v) is 8.63. The number of carbonyl (C=O) groups excluding carboxylic acids is 1. The minimum Gasteiger partial charge on any atom is -0.337 e. The van der Waals surface area contributed by atoms with E-state index in [0.717, 1.165) is 31.0 Å². The number of hydrogen-bond donors (Lipinski definition) is 0. The maximum Gasteiger partial charge on any atom is 0.254 e. The summed E-state index contributed by atoms with van der Waals surface area (Å²) in [6.07, 6.45) is 11.4. The van der Waals surface area contributed by atoms with E-state index < -0.39 is 0 Å². The van der Waals surface area contributed by atoms with Crippen molar-refractivity contribution in [2.24, 2.45) is 11.3 Å². The highest BCUT2D eigenvalue weighted by Gasteiger charge is 2.50. The van der Waals surface area contributed by atoms with Crippen molar-refractivity contribution in [3.63, 3.8) is 0 Å². The summed E-state index contributed by atoms with van der Waals surface area (Å²) in [6, 6.07) is 3.62. The molecule has 1 spiro atoms. The van der Waals surface area contributed by atoms with Gasteiger partial charge in [0, 0.05) is 43.5 Å². The molecule has 0 N–H and O–H groups in total. The molecule has 0 radical (unpaired) electrons. The van der Waals surface area contributed by atoms with Crippen LogP contribution < -0.4 is 0 Å². The first kappa shape index (κ1) is 18.1. The van der Waals surface area contributed by atoms with Crippen LogP contribution in [0.15, 0.2) is 30.9 Å². The Hall–Kier alpha value is -2.24. The van der Waals surface area contributed by atoms with Crippen LogP contribution in [0.4, 0.5) is 0 Å². The van der Waals surface area contributed by atoms with Crippen LogP contribution >= 0.6 is 0 Å². The summed E-state index contributed by atoms with van der Waals surface area (Å²) in [4.78, 5) is 19.2. The van der Waals surface area contributed by atoms with Crippen LogP contribution in [0.3, 0.4) is 0 Å². The Bertz CT molecular complexity index is 779. The molecule has 2 fully saturated rings. The van der Waals surface area contributed by atoms with Crippen LogP contribution in [0.1, 0.15) is 68.1 Å². The highest BCUT2D eigenvalue weighted by Crippen LogP contribution is 2.51. The molecule has 1 aliphatic carbocycles. The second kappa shape index (κ2) is 7.41. The van der Waals surface area contributed by atoms with E-state index in [2.05, 4.69) is 33.6 Å². The fourth-order valence-electron chi connectivity index (χ4n) is 4.99. The van der Waals surface area contributed by atoms with Gasteiger partial charge in [-0.05, 0) is 36.3 Å². The molecule has 2 aliphatic rings. The molecule has 3 heterocycles. The highest BCUT2D eigenvalue weighted by atomic mass is 16.2. The summed E-state index contributed by atoms with van der Waals surface area (Å²) < 4.78 is 2.21. The Morgan fingerprint density at radius 3 is 2.67 bits per heavy atom. The summed E-state index contributed by atoms with van der Waals surface area (Å²) in [7, 11) is 0. The third-order valence-corrected chi connectivity index (χ3v) is 6.23. The van der Waals surface area contributed by atoms with Gasteiger partial charge >= 0.3 is 0 Å². The smallest absolute Gasteiger partial charge is 0.254 e. The zero-order valence-electron chi connectivity index (χ0n) is 16.3. The fraction of sp³-hybridized carbons (Fsp3) is 0.619. The molecule has 6 heteroatoms. The van der Waals surface area contributed by atoms with Crippen LogP contribution in [-0.2, 0) is 6.54 Å². The van der Waals surface area contributed by atoms with Crippen LogP contribution in [0.2, 0.25) is 0 Å². The van der Waals surface area contributed by atoms with Crippen molar-refractivity contribution in [2.45, 2.75) is 58.4 Å². The molecule has 1 atom stereocenters. The Balaban J connectivity index is 1.65. The van der Waals surface area contributed by atoms with E-state index in [9.17, 15) is 4.79 Å². The summed E-state index contributed by atoms with van der Waals surface area (Å²) in [6.45, 7) is 6.92. The van der Waals surface area contributed by atoms with Crippen molar-refractivity contribution in [2.75, 3.05) is 13.1 Å². The Morgan fingerprint density at radius 2 is 1.96 bits per heavy atom. The molecule has 1 amide bonds. The van der Waals surface area contributed by atoms with Gasteiger partial charge in [-0.25, -0.2) is 0 Å². The van der Waals surface area contributed by atoms with E-state index in [0.29, 0.717) is 5.92 Å². The number of carbonyl (C=O) groups is 1. The zero-order valence-corrected chi connectivity index (χ0v) is 16.3. The quantitative estimate of drug-likeness (QED) is 0.829. The summed E-state index contributed by atoms with van der Waals surface area (Å²) in [5.74, 6) is 1.98. The minimum absolute atomic E-state index is 0.111. The van der Waals surface area contributed by atoms with E-state index in [-0.39, 0.29) is 17.2 Å². The number of likely N-dealkylation sites (tertiary alicyclic amines) is 1. The zero-order chi connectivity index (χ0) is 18.9. The van der Waals surface area contributed by atoms with E-state index in [1.807, 2.05) is 23.4 Å². The number of hydrogen-bond acceptors (Lipinski definition) is 4. The predicted molar refractivity (Wildman–Crippen MR) is 103 cm³/mol. The SMILES string of the molecule is CC(C)Cn1cnnc1C1CN(C(=O)c2ccncc2)CC12CCCCC2. The van der Waals surface area contributed by atoms with Gasteiger partial charge in [0.15, 0.2) is 0 Å². The van der Waals surface area contributed by atoms with Crippen LogP contribution in [0.25, 0.3) is 0 Å². The van der Waals surface area contributed by atoms with Gasteiger partial charge in [0.1, 0.15) is 12.2 Å². The van der Waals surface area contributed by atoms with Crippen LogP contribution in [0.5, 0.6) is 0 Å². The van der Waals surface area contributed by atoms with Gasteiger partial charge in [-0.1, -0.05) is 33.1 Å².